The highest BCUT2D eigenvalue weighted by atomic mass is 16.2. The SMILES string of the molecule is N#Cc1ccc(N2C(=O)C3C(C2=O)[C@H]2C=C[C@@H]3C2)c2ccccc12. The van der Waals surface area contributed by atoms with Crippen molar-refractivity contribution in [3.05, 3.63) is 54.1 Å². The van der Waals surface area contributed by atoms with E-state index in [1.54, 1.807) is 12.1 Å². The molecule has 2 unspecified atom stereocenters. The molecule has 4 atom stereocenters. The molecule has 4 heteroatoms. The fourth-order valence-corrected chi connectivity index (χ4v) is 4.72. The molecule has 2 bridgehead atoms. The molecule has 2 amide bonds. The second-order valence-electron chi connectivity index (χ2n) is 6.80. The summed E-state index contributed by atoms with van der Waals surface area (Å²) in [5.41, 5.74) is 1.16. The Hall–Kier alpha value is -2.93. The first-order chi connectivity index (χ1) is 11.7. The molecule has 5 rings (SSSR count). The molecule has 0 aromatic heterocycles. The van der Waals surface area contributed by atoms with Crippen molar-refractivity contribution in [2.75, 3.05) is 4.90 Å². The van der Waals surface area contributed by atoms with Crippen LogP contribution in [0.15, 0.2) is 48.6 Å². The third kappa shape index (κ3) is 1.52. The lowest BCUT2D eigenvalue weighted by Gasteiger charge is -2.19. The largest absolute Gasteiger partial charge is 0.274 e. The second-order valence-corrected chi connectivity index (χ2v) is 6.80. The van der Waals surface area contributed by atoms with Gasteiger partial charge in [-0.25, -0.2) is 4.90 Å². The number of nitrogens with zero attached hydrogens (tertiary/aromatic N) is 2. The number of fused-ring (bicyclic) bond motifs is 6. The molecule has 1 aliphatic heterocycles. The van der Waals surface area contributed by atoms with Crippen molar-refractivity contribution in [2.24, 2.45) is 23.7 Å². The summed E-state index contributed by atoms with van der Waals surface area (Å²) in [5.74, 6) is -0.186. The summed E-state index contributed by atoms with van der Waals surface area (Å²) in [6, 6.07) is 13.0. The van der Waals surface area contributed by atoms with Crippen molar-refractivity contribution in [3.8, 4) is 6.07 Å². The van der Waals surface area contributed by atoms with Crippen LogP contribution in [0.1, 0.15) is 12.0 Å². The summed E-state index contributed by atoms with van der Waals surface area (Å²) < 4.78 is 0. The fourth-order valence-electron chi connectivity index (χ4n) is 4.72. The number of hydrogen-bond acceptors (Lipinski definition) is 3. The minimum absolute atomic E-state index is 0.0864. The lowest BCUT2D eigenvalue weighted by Crippen LogP contribution is -2.33. The van der Waals surface area contributed by atoms with E-state index in [0.717, 1.165) is 17.2 Å². The van der Waals surface area contributed by atoms with Gasteiger partial charge in [0.1, 0.15) is 0 Å². The Labute approximate surface area is 139 Å². The number of amides is 2. The number of nitriles is 1. The zero-order valence-electron chi connectivity index (χ0n) is 12.8. The van der Waals surface area contributed by atoms with E-state index >= 15 is 0 Å². The van der Waals surface area contributed by atoms with Crippen LogP contribution in [0.5, 0.6) is 0 Å². The first kappa shape index (κ1) is 13.5. The summed E-state index contributed by atoms with van der Waals surface area (Å²) in [6.07, 6.45) is 5.11. The number of anilines is 1. The van der Waals surface area contributed by atoms with Crippen molar-refractivity contribution in [1.82, 2.24) is 0 Å². The lowest BCUT2D eigenvalue weighted by molar-refractivity contribution is -0.123. The van der Waals surface area contributed by atoms with Gasteiger partial charge in [-0.15, -0.1) is 0 Å². The van der Waals surface area contributed by atoms with E-state index in [4.69, 9.17) is 0 Å². The van der Waals surface area contributed by atoms with Gasteiger partial charge in [-0.3, -0.25) is 9.59 Å². The van der Waals surface area contributed by atoms with Gasteiger partial charge in [0.25, 0.3) is 0 Å². The molecule has 1 saturated heterocycles. The number of rotatable bonds is 1. The van der Waals surface area contributed by atoms with E-state index in [9.17, 15) is 14.9 Å². The minimum atomic E-state index is -0.207. The maximum absolute atomic E-state index is 13.0. The average molecular weight is 314 g/mol. The van der Waals surface area contributed by atoms with Crippen LogP contribution in [0, 0.1) is 35.0 Å². The van der Waals surface area contributed by atoms with Crippen molar-refractivity contribution < 1.29 is 9.59 Å². The third-order valence-corrected chi connectivity index (χ3v) is 5.73. The molecular weight excluding hydrogens is 300 g/mol. The second kappa shape index (κ2) is 4.55. The Balaban J connectivity index is 1.69. The Kier molecular flexibility index (Phi) is 2.56. The molecule has 0 spiro atoms. The summed E-state index contributed by atoms with van der Waals surface area (Å²) in [5, 5.41) is 10.8. The zero-order chi connectivity index (χ0) is 16.4. The molecule has 0 radical (unpaired) electrons. The number of benzene rings is 2. The first-order valence-corrected chi connectivity index (χ1v) is 8.18. The molecule has 2 aromatic carbocycles. The van der Waals surface area contributed by atoms with Crippen molar-refractivity contribution >= 4 is 28.3 Å². The molecule has 1 heterocycles. The predicted molar refractivity (Wildman–Crippen MR) is 88.9 cm³/mol. The highest BCUT2D eigenvalue weighted by molar-refractivity contribution is 6.25. The maximum Gasteiger partial charge on any atom is 0.238 e. The highest BCUT2D eigenvalue weighted by Crippen LogP contribution is 2.53. The van der Waals surface area contributed by atoms with Gasteiger partial charge in [-0.2, -0.15) is 5.26 Å². The molecule has 4 nitrogen and oxygen atoms in total. The minimum Gasteiger partial charge on any atom is -0.274 e. The molecule has 1 saturated carbocycles. The van der Waals surface area contributed by atoms with Gasteiger partial charge in [0.15, 0.2) is 0 Å². The number of carbonyl (C=O) groups is 2. The predicted octanol–water partition coefficient (Wildman–Crippen LogP) is 3.02. The van der Waals surface area contributed by atoms with Gasteiger partial charge < -0.3 is 0 Å². The van der Waals surface area contributed by atoms with Crippen LogP contribution in [-0.2, 0) is 9.59 Å². The quantitative estimate of drug-likeness (QED) is 0.600. The van der Waals surface area contributed by atoms with E-state index in [1.807, 2.05) is 24.3 Å². The van der Waals surface area contributed by atoms with Crippen LogP contribution in [-0.4, -0.2) is 11.8 Å². The van der Waals surface area contributed by atoms with E-state index in [1.165, 1.54) is 4.90 Å². The Bertz CT molecular complexity index is 955. The van der Waals surface area contributed by atoms with Gasteiger partial charge in [-0.05, 0) is 30.4 Å². The maximum atomic E-state index is 13.0. The summed E-state index contributed by atoms with van der Waals surface area (Å²) >= 11 is 0. The third-order valence-electron chi connectivity index (χ3n) is 5.73. The molecule has 3 aliphatic rings. The summed E-state index contributed by atoms with van der Waals surface area (Å²) in [4.78, 5) is 27.4. The number of imide groups is 1. The van der Waals surface area contributed by atoms with Crippen LogP contribution in [0.3, 0.4) is 0 Å². The monoisotopic (exact) mass is 314 g/mol. The van der Waals surface area contributed by atoms with Crippen LogP contribution in [0.25, 0.3) is 10.8 Å². The molecule has 2 fully saturated rings. The van der Waals surface area contributed by atoms with Crippen molar-refractivity contribution in [1.29, 1.82) is 5.26 Å². The normalized spacial score (nSPS) is 30.2. The smallest absolute Gasteiger partial charge is 0.238 e. The number of carbonyl (C=O) groups excluding carboxylic acids is 2. The van der Waals surface area contributed by atoms with Crippen molar-refractivity contribution in [2.45, 2.75) is 6.42 Å². The Morgan fingerprint density at radius 1 is 0.917 bits per heavy atom. The van der Waals surface area contributed by atoms with Gasteiger partial charge in [0, 0.05) is 10.8 Å². The molecule has 24 heavy (non-hydrogen) atoms. The first-order valence-electron chi connectivity index (χ1n) is 8.18. The average Bonchev–Trinajstić information content (AvgIpc) is 3.28. The standard InChI is InChI=1S/C20H14N2O2/c21-10-13-7-8-16(15-4-2-1-3-14(13)15)22-19(23)17-11-5-6-12(9-11)18(17)20(22)24/h1-8,11-12,17-18H,9H2/t11-,12+,17?,18?. The molecule has 0 N–H and O–H groups in total. The Morgan fingerprint density at radius 3 is 2.17 bits per heavy atom. The van der Waals surface area contributed by atoms with Crippen molar-refractivity contribution in [3.63, 3.8) is 0 Å². The molecule has 2 aromatic rings. The van der Waals surface area contributed by atoms with E-state index in [-0.39, 0.29) is 35.5 Å². The van der Waals surface area contributed by atoms with E-state index in [2.05, 4.69) is 18.2 Å². The van der Waals surface area contributed by atoms with Gasteiger partial charge in [0.2, 0.25) is 11.8 Å². The van der Waals surface area contributed by atoms with Crippen LogP contribution in [0.4, 0.5) is 5.69 Å². The topological polar surface area (TPSA) is 61.2 Å². The van der Waals surface area contributed by atoms with E-state index in [0.29, 0.717) is 11.3 Å². The molecule has 116 valence electrons. The van der Waals surface area contributed by atoms with Crippen LogP contribution >= 0.6 is 0 Å². The van der Waals surface area contributed by atoms with Gasteiger partial charge in [0.05, 0.1) is 29.2 Å². The lowest BCUT2D eigenvalue weighted by atomic mass is 9.85. The highest BCUT2D eigenvalue weighted by Gasteiger charge is 2.59. The van der Waals surface area contributed by atoms with Crippen LogP contribution < -0.4 is 4.90 Å². The number of hydrogen-bond donors (Lipinski definition) is 0. The zero-order valence-corrected chi connectivity index (χ0v) is 12.8. The summed E-state index contributed by atoms with van der Waals surface area (Å²) in [6.45, 7) is 0. The Morgan fingerprint density at radius 2 is 1.54 bits per heavy atom. The molecule has 2 aliphatic carbocycles. The molecular formula is C20H14N2O2. The summed E-state index contributed by atoms with van der Waals surface area (Å²) in [7, 11) is 0. The van der Waals surface area contributed by atoms with Gasteiger partial charge >= 0.3 is 0 Å². The number of allylic oxidation sites excluding steroid dienone is 2. The van der Waals surface area contributed by atoms with Crippen LogP contribution in [0.2, 0.25) is 0 Å². The fraction of sp³-hybridized carbons (Fsp3) is 0.250. The van der Waals surface area contributed by atoms with Gasteiger partial charge in [-0.1, -0.05) is 36.4 Å². The van der Waals surface area contributed by atoms with E-state index < -0.39 is 0 Å².